The molecule has 1 N–H and O–H groups in total. The van der Waals surface area contributed by atoms with Crippen molar-refractivity contribution in [1.29, 1.82) is 0 Å². The fourth-order valence-corrected chi connectivity index (χ4v) is 1.97. The van der Waals surface area contributed by atoms with Crippen LogP contribution in [-0.2, 0) is 6.54 Å². The fraction of sp³-hybridized carbons (Fsp3) is 0.333. The Morgan fingerprint density at radius 3 is 2.81 bits per heavy atom. The summed E-state index contributed by atoms with van der Waals surface area (Å²) in [7, 11) is 0. The van der Waals surface area contributed by atoms with Crippen LogP contribution < -0.4 is 10.9 Å². The first kappa shape index (κ1) is 15.5. The van der Waals surface area contributed by atoms with Crippen LogP contribution >= 0.6 is 11.6 Å². The molecule has 0 bridgehead atoms. The highest BCUT2D eigenvalue weighted by molar-refractivity contribution is 6.31. The van der Waals surface area contributed by atoms with Crippen molar-refractivity contribution in [2.75, 3.05) is 11.9 Å². The quantitative estimate of drug-likeness (QED) is 0.923. The van der Waals surface area contributed by atoms with Crippen molar-refractivity contribution in [3.05, 3.63) is 57.2 Å². The summed E-state index contributed by atoms with van der Waals surface area (Å²) in [5, 5.41) is 7.63. The summed E-state index contributed by atoms with van der Waals surface area (Å²) in [6.07, 6.45) is 1.58. The highest BCUT2D eigenvalue weighted by Gasteiger charge is 2.06. The molecule has 0 aliphatic carbocycles. The fourth-order valence-electron chi connectivity index (χ4n) is 1.80. The van der Waals surface area contributed by atoms with E-state index < -0.39 is 5.82 Å². The molecule has 0 atom stereocenters. The van der Waals surface area contributed by atoms with E-state index in [9.17, 15) is 9.18 Å². The SMILES string of the molecule is CC(C)CNc1cnn(Cc2cc(F)ccc2Cl)c(=O)c1. The molecule has 6 heteroatoms. The third-order valence-electron chi connectivity index (χ3n) is 2.91. The maximum Gasteiger partial charge on any atom is 0.269 e. The van der Waals surface area contributed by atoms with Gasteiger partial charge in [-0.2, -0.15) is 5.10 Å². The zero-order chi connectivity index (χ0) is 15.4. The number of aromatic nitrogens is 2. The monoisotopic (exact) mass is 309 g/mol. The lowest BCUT2D eigenvalue weighted by Crippen LogP contribution is -2.23. The molecule has 0 saturated carbocycles. The van der Waals surface area contributed by atoms with Gasteiger partial charge in [0.1, 0.15) is 5.82 Å². The van der Waals surface area contributed by atoms with Crippen LogP contribution in [0.25, 0.3) is 0 Å². The average Bonchev–Trinajstić information content (AvgIpc) is 2.43. The van der Waals surface area contributed by atoms with Gasteiger partial charge in [0.25, 0.3) is 5.56 Å². The van der Waals surface area contributed by atoms with Crippen LogP contribution in [0.1, 0.15) is 19.4 Å². The molecule has 4 nitrogen and oxygen atoms in total. The van der Waals surface area contributed by atoms with E-state index in [2.05, 4.69) is 24.3 Å². The third kappa shape index (κ3) is 4.29. The molecular formula is C15H17ClFN3O. The predicted octanol–water partition coefficient (Wildman–Crippen LogP) is 3.15. The Bertz CT molecular complexity index is 685. The van der Waals surface area contributed by atoms with E-state index in [1.807, 2.05) is 0 Å². The molecule has 0 amide bonds. The van der Waals surface area contributed by atoms with Crippen molar-refractivity contribution < 1.29 is 4.39 Å². The molecule has 0 saturated heterocycles. The topological polar surface area (TPSA) is 46.9 Å². The van der Waals surface area contributed by atoms with Gasteiger partial charge in [0, 0.05) is 17.6 Å². The lowest BCUT2D eigenvalue weighted by molar-refractivity contribution is 0.610. The van der Waals surface area contributed by atoms with Crippen molar-refractivity contribution in [3.8, 4) is 0 Å². The summed E-state index contributed by atoms with van der Waals surface area (Å²) in [6.45, 7) is 5.06. The van der Waals surface area contributed by atoms with E-state index in [1.165, 1.54) is 28.9 Å². The molecule has 0 unspecified atom stereocenters. The highest BCUT2D eigenvalue weighted by atomic mass is 35.5. The van der Waals surface area contributed by atoms with Crippen LogP contribution in [0.5, 0.6) is 0 Å². The largest absolute Gasteiger partial charge is 0.383 e. The second-order valence-electron chi connectivity index (χ2n) is 5.25. The molecule has 1 aromatic heterocycles. The van der Waals surface area contributed by atoms with Gasteiger partial charge in [-0.3, -0.25) is 4.79 Å². The Morgan fingerprint density at radius 1 is 1.38 bits per heavy atom. The number of rotatable bonds is 5. The van der Waals surface area contributed by atoms with Crippen molar-refractivity contribution in [2.45, 2.75) is 20.4 Å². The summed E-state index contributed by atoms with van der Waals surface area (Å²) in [5.41, 5.74) is 0.938. The van der Waals surface area contributed by atoms with Crippen LogP contribution in [0, 0.1) is 11.7 Å². The molecule has 0 aliphatic heterocycles. The minimum absolute atomic E-state index is 0.139. The van der Waals surface area contributed by atoms with Gasteiger partial charge in [0.05, 0.1) is 18.4 Å². The zero-order valence-corrected chi connectivity index (χ0v) is 12.7. The number of hydrogen-bond acceptors (Lipinski definition) is 3. The summed E-state index contributed by atoms with van der Waals surface area (Å²) in [6, 6.07) is 5.53. The summed E-state index contributed by atoms with van der Waals surface area (Å²) < 4.78 is 14.5. The Kier molecular flexibility index (Phi) is 4.96. The van der Waals surface area contributed by atoms with Crippen molar-refractivity contribution in [1.82, 2.24) is 9.78 Å². The first-order valence-electron chi connectivity index (χ1n) is 6.70. The normalized spacial score (nSPS) is 10.9. The molecule has 21 heavy (non-hydrogen) atoms. The van der Waals surface area contributed by atoms with E-state index in [-0.39, 0.29) is 12.1 Å². The lowest BCUT2D eigenvalue weighted by atomic mass is 10.2. The van der Waals surface area contributed by atoms with Crippen LogP contribution in [-0.4, -0.2) is 16.3 Å². The van der Waals surface area contributed by atoms with E-state index in [4.69, 9.17) is 11.6 Å². The molecule has 2 aromatic rings. The standard InChI is InChI=1S/C15H17ClFN3O/c1-10(2)7-18-13-6-15(21)20(19-8-13)9-11-5-12(17)3-4-14(11)16/h3-6,8,10,18H,7,9H2,1-2H3. The van der Waals surface area contributed by atoms with Gasteiger partial charge in [-0.05, 0) is 29.7 Å². The average molecular weight is 310 g/mol. The number of nitrogens with zero attached hydrogens (tertiary/aromatic N) is 2. The van der Waals surface area contributed by atoms with E-state index in [0.29, 0.717) is 22.2 Å². The maximum atomic E-state index is 13.2. The van der Waals surface area contributed by atoms with Gasteiger partial charge in [-0.25, -0.2) is 9.07 Å². The maximum absolute atomic E-state index is 13.2. The van der Waals surface area contributed by atoms with Gasteiger partial charge in [-0.1, -0.05) is 25.4 Å². The Morgan fingerprint density at radius 2 is 2.14 bits per heavy atom. The molecule has 1 aromatic carbocycles. The minimum Gasteiger partial charge on any atom is -0.383 e. The molecule has 112 valence electrons. The summed E-state index contributed by atoms with van der Waals surface area (Å²) in [4.78, 5) is 12.0. The van der Waals surface area contributed by atoms with Crippen molar-refractivity contribution in [2.24, 2.45) is 5.92 Å². The van der Waals surface area contributed by atoms with E-state index in [0.717, 1.165) is 6.54 Å². The summed E-state index contributed by atoms with van der Waals surface area (Å²) >= 11 is 5.99. The van der Waals surface area contributed by atoms with Gasteiger partial charge < -0.3 is 5.32 Å². The molecular weight excluding hydrogens is 293 g/mol. The van der Waals surface area contributed by atoms with Gasteiger partial charge in [0.15, 0.2) is 0 Å². The number of hydrogen-bond donors (Lipinski definition) is 1. The molecule has 0 radical (unpaired) electrons. The lowest BCUT2D eigenvalue weighted by Gasteiger charge is -2.10. The zero-order valence-electron chi connectivity index (χ0n) is 11.9. The first-order chi connectivity index (χ1) is 9.95. The number of anilines is 1. The van der Waals surface area contributed by atoms with E-state index in [1.54, 1.807) is 6.20 Å². The highest BCUT2D eigenvalue weighted by Crippen LogP contribution is 2.17. The molecule has 2 rings (SSSR count). The second-order valence-corrected chi connectivity index (χ2v) is 5.66. The van der Waals surface area contributed by atoms with Gasteiger partial charge >= 0.3 is 0 Å². The Hall–Kier alpha value is -1.88. The van der Waals surface area contributed by atoms with Crippen LogP contribution in [0.3, 0.4) is 0 Å². The van der Waals surface area contributed by atoms with Crippen molar-refractivity contribution >= 4 is 17.3 Å². The minimum atomic E-state index is -0.391. The molecule has 0 fully saturated rings. The van der Waals surface area contributed by atoms with Crippen LogP contribution in [0.2, 0.25) is 5.02 Å². The second kappa shape index (κ2) is 6.72. The van der Waals surface area contributed by atoms with Gasteiger partial charge in [0.2, 0.25) is 0 Å². The Labute approximate surface area is 127 Å². The van der Waals surface area contributed by atoms with Gasteiger partial charge in [-0.15, -0.1) is 0 Å². The molecule has 0 spiro atoms. The Balaban J connectivity index is 2.18. The number of benzene rings is 1. The molecule has 1 heterocycles. The predicted molar refractivity (Wildman–Crippen MR) is 82.3 cm³/mol. The number of halogens is 2. The first-order valence-corrected chi connectivity index (χ1v) is 7.08. The van der Waals surface area contributed by atoms with Crippen molar-refractivity contribution in [3.63, 3.8) is 0 Å². The smallest absolute Gasteiger partial charge is 0.269 e. The summed E-state index contributed by atoms with van der Waals surface area (Å²) in [5.74, 6) is 0.0798. The van der Waals surface area contributed by atoms with Crippen LogP contribution in [0.4, 0.5) is 10.1 Å². The molecule has 0 aliphatic rings. The third-order valence-corrected chi connectivity index (χ3v) is 3.28. The number of nitrogens with one attached hydrogen (secondary N) is 1. The van der Waals surface area contributed by atoms with Crippen LogP contribution in [0.15, 0.2) is 35.3 Å². The van der Waals surface area contributed by atoms with E-state index >= 15 is 0 Å².